The molecule has 0 amide bonds. The van der Waals surface area contributed by atoms with Gasteiger partial charge in [0, 0.05) is 10.2 Å². The number of fused-ring (bicyclic) bond motifs is 1. The highest BCUT2D eigenvalue weighted by molar-refractivity contribution is 9.10. The topological polar surface area (TPSA) is 37.8 Å². The van der Waals surface area contributed by atoms with Crippen molar-refractivity contribution in [1.82, 2.24) is 9.97 Å². The summed E-state index contributed by atoms with van der Waals surface area (Å²) in [6.07, 6.45) is 1.82. The van der Waals surface area contributed by atoms with Gasteiger partial charge in [-0.15, -0.1) is 0 Å². The Morgan fingerprint density at radius 3 is 2.70 bits per heavy atom. The Morgan fingerprint density at radius 2 is 1.90 bits per heavy atom. The standard InChI is InChI=1S/C16H14BrN3/c1-11-8-12(17)6-7-14(11)18-9-13-10-19-15-4-2-3-5-16(15)20-13/h2-8,10,18H,9H2,1H3. The monoisotopic (exact) mass is 327 g/mol. The van der Waals surface area contributed by atoms with Gasteiger partial charge in [-0.3, -0.25) is 4.98 Å². The molecule has 0 spiro atoms. The third-order valence-electron chi connectivity index (χ3n) is 3.15. The lowest BCUT2D eigenvalue weighted by Crippen LogP contribution is -2.03. The molecule has 0 fully saturated rings. The molecule has 0 aliphatic heterocycles. The maximum atomic E-state index is 4.60. The minimum absolute atomic E-state index is 0.667. The molecule has 4 heteroatoms. The molecule has 2 aromatic carbocycles. The smallest absolute Gasteiger partial charge is 0.0890 e. The van der Waals surface area contributed by atoms with Gasteiger partial charge < -0.3 is 5.32 Å². The first-order valence-electron chi connectivity index (χ1n) is 6.43. The average molecular weight is 328 g/mol. The van der Waals surface area contributed by atoms with Crippen LogP contribution in [0.5, 0.6) is 0 Å². The van der Waals surface area contributed by atoms with Crippen molar-refractivity contribution in [1.29, 1.82) is 0 Å². The molecule has 1 aromatic heterocycles. The van der Waals surface area contributed by atoms with E-state index in [9.17, 15) is 0 Å². The van der Waals surface area contributed by atoms with Gasteiger partial charge in [-0.25, -0.2) is 4.98 Å². The Balaban J connectivity index is 1.79. The van der Waals surface area contributed by atoms with Crippen molar-refractivity contribution >= 4 is 32.7 Å². The van der Waals surface area contributed by atoms with Crippen LogP contribution in [-0.2, 0) is 6.54 Å². The molecule has 0 radical (unpaired) electrons. The third-order valence-corrected chi connectivity index (χ3v) is 3.64. The number of benzene rings is 2. The molecule has 100 valence electrons. The normalized spacial score (nSPS) is 10.7. The lowest BCUT2D eigenvalue weighted by atomic mass is 10.2. The van der Waals surface area contributed by atoms with Crippen molar-refractivity contribution in [3.63, 3.8) is 0 Å². The predicted molar refractivity (Wildman–Crippen MR) is 85.7 cm³/mol. The maximum Gasteiger partial charge on any atom is 0.0890 e. The number of anilines is 1. The minimum Gasteiger partial charge on any atom is -0.379 e. The molecule has 0 aliphatic carbocycles. The van der Waals surface area contributed by atoms with Crippen molar-refractivity contribution in [3.05, 3.63) is 64.4 Å². The zero-order valence-corrected chi connectivity index (χ0v) is 12.7. The lowest BCUT2D eigenvalue weighted by Gasteiger charge is -2.09. The largest absolute Gasteiger partial charge is 0.379 e. The lowest BCUT2D eigenvalue weighted by molar-refractivity contribution is 1.04. The number of rotatable bonds is 3. The fourth-order valence-corrected chi connectivity index (χ4v) is 2.57. The van der Waals surface area contributed by atoms with Crippen molar-refractivity contribution < 1.29 is 0 Å². The van der Waals surface area contributed by atoms with Gasteiger partial charge in [0.25, 0.3) is 0 Å². The van der Waals surface area contributed by atoms with Crippen molar-refractivity contribution in [2.45, 2.75) is 13.5 Å². The fourth-order valence-electron chi connectivity index (χ4n) is 2.09. The summed E-state index contributed by atoms with van der Waals surface area (Å²) < 4.78 is 1.09. The SMILES string of the molecule is Cc1cc(Br)ccc1NCc1cnc2ccccc2n1. The molecule has 20 heavy (non-hydrogen) atoms. The number of hydrogen-bond acceptors (Lipinski definition) is 3. The van der Waals surface area contributed by atoms with Gasteiger partial charge >= 0.3 is 0 Å². The van der Waals surface area contributed by atoms with E-state index < -0.39 is 0 Å². The van der Waals surface area contributed by atoms with Crippen LogP contribution >= 0.6 is 15.9 Å². The molecule has 3 nitrogen and oxygen atoms in total. The number of hydrogen-bond donors (Lipinski definition) is 1. The second-order valence-corrected chi connectivity index (χ2v) is 5.58. The van der Waals surface area contributed by atoms with Crippen molar-refractivity contribution in [3.8, 4) is 0 Å². The van der Waals surface area contributed by atoms with E-state index in [1.165, 1.54) is 5.56 Å². The summed E-state index contributed by atoms with van der Waals surface area (Å²) in [5.74, 6) is 0. The van der Waals surface area contributed by atoms with Crippen LogP contribution in [0.2, 0.25) is 0 Å². The summed E-state index contributed by atoms with van der Waals surface area (Å²) >= 11 is 3.47. The molecule has 1 heterocycles. The zero-order chi connectivity index (χ0) is 13.9. The number of aromatic nitrogens is 2. The predicted octanol–water partition coefficient (Wildman–Crippen LogP) is 4.31. The van der Waals surface area contributed by atoms with E-state index in [4.69, 9.17) is 0 Å². The molecule has 1 N–H and O–H groups in total. The molecule has 0 saturated carbocycles. The minimum atomic E-state index is 0.667. The number of nitrogens with one attached hydrogen (secondary N) is 1. The number of para-hydroxylation sites is 2. The summed E-state index contributed by atoms with van der Waals surface area (Å²) in [7, 11) is 0. The summed E-state index contributed by atoms with van der Waals surface area (Å²) in [5.41, 5.74) is 5.11. The van der Waals surface area contributed by atoms with Gasteiger partial charge in [0.15, 0.2) is 0 Å². The fraction of sp³-hybridized carbons (Fsp3) is 0.125. The molecule has 0 bridgehead atoms. The highest BCUT2D eigenvalue weighted by Gasteiger charge is 2.02. The van der Waals surface area contributed by atoms with Crippen LogP contribution in [0.25, 0.3) is 11.0 Å². The summed E-state index contributed by atoms with van der Waals surface area (Å²) in [6.45, 7) is 2.75. The second kappa shape index (κ2) is 5.59. The maximum absolute atomic E-state index is 4.60. The van der Waals surface area contributed by atoms with E-state index in [1.807, 2.05) is 36.5 Å². The Bertz CT molecular complexity index is 756. The Hall–Kier alpha value is -1.94. The molecule has 0 aliphatic rings. The van der Waals surface area contributed by atoms with Gasteiger partial charge in [-0.05, 0) is 42.8 Å². The van der Waals surface area contributed by atoms with Gasteiger partial charge in [0.1, 0.15) is 0 Å². The highest BCUT2D eigenvalue weighted by atomic mass is 79.9. The first kappa shape index (κ1) is 13.1. The quantitative estimate of drug-likeness (QED) is 0.778. The average Bonchev–Trinajstić information content (AvgIpc) is 2.46. The summed E-state index contributed by atoms with van der Waals surface area (Å²) in [4.78, 5) is 9.02. The molecule has 0 unspecified atom stereocenters. The van der Waals surface area contributed by atoms with Crippen LogP contribution in [0.4, 0.5) is 5.69 Å². The molecule has 0 saturated heterocycles. The van der Waals surface area contributed by atoms with Crippen LogP contribution in [-0.4, -0.2) is 9.97 Å². The zero-order valence-electron chi connectivity index (χ0n) is 11.1. The Labute approximate surface area is 126 Å². The first-order chi connectivity index (χ1) is 9.72. The van der Waals surface area contributed by atoms with Crippen LogP contribution in [0.3, 0.4) is 0 Å². The molecule has 3 aromatic rings. The summed E-state index contributed by atoms with van der Waals surface area (Å²) in [6, 6.07) is 14.1. The number of nitrogens with zero attached hydrogens (tertiary/aromatic N) is 2. The van der Waals surface area contributed by atoms with Gasteiger partial charge in [0.2, 0.25) is 0 Å². The first-order valence-corrected chi connectivity index (χ1v) is 7.22. The molecular weight excluding hydrogens is 314 g/mol. The Morgan fingerprint density at radius 1 is 1.10 bits per heavy atom. The van der Waals surface area contributed by atoms with Crippen LogP contribution < -0.4 is 5.32 Å². The van der Waals surface area contributed by atoms with Crippen molar-refractivity contribution in [2.24, 2.45) is 0 Å². The van der Waals surface area contributed by atoms with Crippen LogP contribution in [0.15, 0.2) is 53.1 Å². The molecule has 0 atom stereocenters. The Kier molecular flexibility index (Phi) is 3.65. The third kappa shape index (κ3) is 2.80. The molecular formula is C16H14BrN3. The van der Waals surface area contributed by atoms with Crippen molar-refractivity contribution in [2.75, 3.05) is 5.32 Å². The van der Waals surface area contributed by atoms with Crippen LogP contribution in [0.1, 0.15) is 11.3 Å². The van der Waals surface area contributed by atoms with E-state index in [-0.39, 0.29) is 0 Å². The van der Waals surface area contributed by atoms with E-state index in [2.05, 4.69) is 50.3 Å². The van der Waals surface area contributed by atoms with Gasteiger partial charge in [-0.2, -0.15) is 0 Å². The number of aryl methyl sites for hydroxylation is 1. The second-order valence-electron chi connectivity index (χ2n) is 4.66. The molecule has 3 rings (SSSR count). The summed E-state index contributed by atoms with van der Waals surface area (Å²) in [5, 5.41) is 3.40. The van der Waals surface area contributed by atoms with E-state index in [0.29, 0.717) is 6.54 Å². The van der Waals surface area contributed by atoms with Gasteiger partial charge in [-0.1, -0.05) is 28.1 Å². The van der Waals surface area contributed by atoms with Gasteiger partial charge in [0.05, 0.1) is 29.5 Å². The van der Waals surface area contributed by atoms with E-state index in [0.717, 1.165) is 26.9 Å². The highest BCUT2D eigenvalue weighted by Crippen LogP contribution is 2.20. The van der Waals surface area contributed by atoms with E-state index >= 15 is 0 Å². The van der Waals surface area contributed by atoms with Crippen LogP contribution in [0, 0.1) is 6.92 Å². The van der Waals surface area contributed by atoms with E-state index in [1.54, 1.807) is 0 Å². The number of halogens is 1.